The Hall–Kier alpha value is -0.273. The van der Waals surface area contributed by atoms with Crippen molar-refractivity contribution in [2.75, 3.05) is 0 Å². The molecule has 0 amide bonds. The van der Waals surface area contributed by atoms with Gasteiger partial charge in [0.2, 0.25) is 0 Å². The van der Waals surface area contributed by atoms with Crippen LogP contribution in [0.2, 0.25) is 5.02 Å². The highest BCUT2D eigenvalue weighted by molar-refractivity contribution is 6.45. The Balaban J connectivity index is 3.25. The average Bonchev–Trinajstić information content (AvgIpc) is 1.83. The fraction of sp³-hybridized carbons (Fsp3) is 0.143. The van der Waals surface area contributed by atoms with Crippen LogP contribution < -0.4 is 5.19 Å². The highest BCUT2D eigenvalue weighted by Crippen LogP contribution is 2.09. The summed E-state index contributed by atoms with van der Waals surface area (Å²) in [6.07, 6.45) is 0. The third-order valence-corrected chi connectivity index (χ3v) is 2.27. The molecule has 45 valence electrons. The lowest BCUT2D eigenvalue weighted by Gasteiger charge is -1.98. The van der Waals surface area contributed by atoms with Crippen LogP contribution in [0.25, 0.3) is 0 Å². The topological polar surface area (TPSA) is 0 Å². The number of aryl methyl sites for hydroxylation is 1. The van der Waals surface area contributed by atoms with E-state index in [1.807, 2.05) is 25.1 Å². The van der Waals surface area contributed by atoms with E-state index in [1.165, 1.54) is 0 Å². The Morgan fingerprint density at radius 3 is 2.56 bits per heavy atom. The summed E-state index contributed by atoms with van der Waals surface area (Å²) in [5.41, 5.74) is 1.10. The van der Waals surface area contributed by atoms with Gasteiger partial charge in [-0.2, -0.15) is 0 Å². The molecule has 0 aliphatic rings. The van der Waals surface area contributed by atoms with E-state index in [4.69, 9.17) is 11.6 Å². The second-order valence-electron chi connectivity index (χ2n) is 1.94. The van der Waals surface area contributed by atoms with Crippen LogP contribution >= 0.6 is 11.6 Å². The molecule has 0 bridgehead atoms. The van der Waals surface area contributed by atoms with Crippen molar-refractivity contribution in [2.24, 2.45) is 0 Å². The smallest absolute Gasteiger partial charge is 0.0733 e. The molecule has 9 heavy (non-hydrogen) atoms. The van der Waals surface area contributed by atoms with Gasteiger partial charge in [0.1, 0.15) is 0 Å². The van der Waals surface area contributed by atoms with E-state index in [0.29, 0.717) is 0 Å². The van der Waals surface area contributed by atoms with Crippen LogP contribution in [0.5, 0.6) is 0 Å². The summed E-state index contributed by atoms with van der Waals surface area (Å²) in [6.45, 7) is 1.98. The third-order valence-electron chi connectivity index (χ3n) is 1.19. The summed E-state index contributed by atoms with van der Waals surface area (Å²) >= 11 is 5.83. The molecule has 0 saturated carbocycles. The minimum atomic E-state index is 0.800. The lowest BCUT2D eigenvalue weighted by atomic mass is 10.2. The predicted molar refractivity (Wildman–Crippen MR) is 41.6 cm³/mol. The van der Waals surface area contributed by atoms with Crippen molar-refractivity contribution in [3.05, 3.63) is 28.8 Å². The molecule has 0 unspecified atom stereocenters. The Morgan fingerprint density at radius 1 is 1.44 bits per heavy atom. The summed E-state index contributed by atoms with van der Waals surface area (Å²) in [5.74, 6) is 0. The second kappa shape index (κ2) is 2.54. The van der Waals surface area contributed by atoms with Crippen LogP contribution in [-0.4, -0.2) is 10.2 Å². The molecule has 1 rings (SSSR count). The molecule has 0 atom stereocenters. The SMILES string of the molecule is Cc1cccc([Si])c1Cl. The Labute approximate surface area is 63.3 Å². The number of rotatable bonds is 0. The van der Waals surface area contributed by atoms with Gasteiger partial charge in [-0.25, -0.2) is 0 Å². The van der Waals surface area contributed by atoms with Crippen LogP contribution in [0.15, 0.2) is 18.2 Å². The molecule has 0 aliphatic heterocycles. The quantitative estimate of drug-likeness (QED) is 0.495. The Kier molecular flexibility index (Phi) is 1.93. The normalized spacial score (nSPS) is 9.67. The first-order chi connectivity index (χ1) is 4.22. The minimum Gasteiger partial charge on any atom is -0.0842 e. The standard InChI is InChI=1S/C7H6ClSi/c1-5-3-2-4-6(9)7(5)8/h2-4H,1H3. The van der Waals surface area contributed by atoms with Crippen molar-refractivity contribution in [1.82, 2.24) is 0 Å². The van der Waals surface area contributed by atoms with Gasteiger partial charge < -0.3 is 0 Å². The summed E-state index contributed by atoms with van der Waals surface area (Å²) in [7, 11) is 3.36. The first-order valence-corrected chi connectivity index (χ1v) is 3.56. The predicted octanol–water partition coefficient (Wildman–Crippen LogP) is 1.44. The second-order valence-corrected chi connectivity index (χ2v) is 2.85. The largest absolute Gasteiger partial charge is 0.0842 e. The molecule has 0 nitrogen and oxygen atoms in total. The van der Waals surface area contributed by atoms with Gasteiger partial charge in [-0.05, 0) is 17.7 Å². The summed E-state index contributed by atoms with van der Waals surface area (Å²) in [6, 6.07) is 5.86. The maximum Gasteiger partial charge on any atom is 0.0733 e. The van der Waals surface area contributed by atoms with Crippen LogP contribution in [0.4, 0.5) is 0 Å². The van der Waals surface area contributed by atoms with E-state index in [1.54, 1.807) is 0 Å². The molecule has 0 saturated heterocycles. The zero-order valence-electron chi connectivity index (χ0n) is 5.11. The maximum atomic E-state index is 5.83. The minimum absolute atomic E-state index is 0.800. The van der Waals surface area contributed by atoms with Gasteiger partial charge in [0.05, 0.1) is 10.2 Å². The number of benzene rings is 1. The number of hydrogen-bond acceptors (Lipinski definition) is 0. The zero-order valence-corrected chi connectivity index (χ0v) is 6.87. The van der Waals surface area contributed by atoms with Crippen molar-refractivity contribution in [3.8, 4) is 0 Å². The molecule has 1 aromatic rings. The first kappa shape index (κ1) is 6.84. The highest BCUT2D eigenvalue weighted by Gasteiger charge is 1.94. The van der Waals surface area contributed by atoms with Crippen LogP contribution in [0, 0.1) is 6.92 Å². The molecule has 2 heteroatoms. The Morgan fingerprint density at radius 2 is 2.11 bits per heavy atom. The molecule has 3 radical (unpaired) electrons. The van der Waals surface area contributed by atoms with Gasteiger partial charge in [-0.3, -0.25) is 0 Å². The maximum absolute atomic E-state index is 5.83. The fourth-order valence-corrected chi connectivity index (χ4v) is 1.07. The third kappa shape index (κ3) is 1.34. The van der Waals surface area contributed by atoms with Gasteiger partial charge in [-0.15, -0.1) is 0 Å². The molecule has 0 spiro atoms. The Bertz CT molecular complexity index is 200. The van der Waals surface area contributed by atoms with E-state index in [9.17, 15) is 0 Å². The van der Waals surface area contributed by atoms with Gasteiger partial charge in [0.15, 0.2) is 0 Å². The van der Waals surface area contributed by atoms with E-state index >= 15 is 0 Å². The molecule has 1 aromatic carbocycles. The van der Waals surface area contributed by atoms with Crippen molar-refractivity contribution < 1.29 is 0 Å². The van der Waals surface area contributed by atoms with Crippen LogP contribution in [0.1, 0.15) is 5.56 Å². The van der Waals surface area contributed by atoms with Gasteiger partial charge in [0.25, 0.3) is 0 Å². The van der Waals surface area contributed by atoms with E-state index < -0.39 is 0 Å². The van der Waals surface area contributed by atoms with Gasteiger partial charge >= 0.3 is 0 Å². The highest BCUT2D eigenvalue weighted by atomic mass is 35.5. The van der Waals surface area contributed by atoms with Gasteiger partial charge in [-0.1, -0.05) is 29.8 Å². The lowest BCUT2D eigenvalue weighted by molar-refractivity contribution is 1.49. The van der Waals surface area contributed by atoms with Gasteiger partial charge in [0, 0.05) is 5.02 Å². The molecule has 0 aliphatic carbocycles. The van der Waals surface area contributed by atoms with Crippen molar-refractivity contribution in [2.45, 2.75) is 6.92 Å². The molecule has 0 heterocycles. The van der Waals surface area contributed by atoms with E-state index in [-0.39, 0.29) is 0 Å². The molecule has 0 N–H and O–H groups in total. The zero-order chi connectivity index (χ0) is 6.85. The van der Waals surface area contributed by atoms with E-state index in [2.05, 4.69) is 10.2 Å². The molecule has 0 aromatic heterocycles. The monoisotopic (exact) mass is 153 g/mol. The molecular formula is C7H6ClSi. The summed E-state index contributed by atoms with van der Waals surface area (Å²) < 4.78 is 0. The summed E-state index contributed by atoms with van der Waals surface area (Å²) in [5, 5.41) is 1.76. The average molecular weight is 154 g/mol. The van der Waals surface area contributed by atoms with Crippen molar-refractivity contribution >= 4 is 27.0 Å². The van der Waals surface area contributed by atoms with Crippen LogP contribution in [-0.2, 0) is 0 Å². The van der Waals surface area contributed by atoms with Crippen molar-refractivity contribution in [1.29, 1.82) is 0 Å². The fourth-order valence-electron chi connectivity index (χ4n) is 0.647. The summed E-state index contributed by atoms with van der Waals surface area (Å²) in [4.78, 5) is 0. The molecule has 0 fully saturated rings. The van der Waals surface area contributed by atoms with Crippen LogP contribution in [0.3, 0.4) is 0 Å². The number of hydrogen-bond donors (Lipinski definition) is 0. The number of halogens is 1. The van der Waals surface area contributed by atoms with E-state index in [0.717, 1.165) is 15.8 Å². The first-order valence-electron chi connectivity index (χ1n) is 2.68. The molecular weight excluding hydrogens is 148 g/mol. The lowest BCUT2D eigenvalue weighted by Crippen LogP contribution is -2.03. The van der Waals surface area contributed by atoms with Crippen molar-refractivity contribution in [3.63, 3.8) is 0 Å².